The topological polar surface area (TPSA) is 34.1 Å². The van der Waals surface area contributed by atoms with Crippen LogP contribution in [0, 0.1) is 0 Å². The van der Waals surface area contributed by atoms with Crippen LogP contribution in [0.1, 0.15) is 80.7 Å². The third-order valence-electron chi connectivity index (χ3n) is 8.63. The summed E-state index contributed by atoms with van der Waals surface area (Å²) >= 11 is 4.35. The summed E-state index contributed by atoms with van der Waals surface area (Å²) in [6.45, 7) is 1.92. The van der Waals surface area contributed by atoms with Gasteiger partial charge in [0, 0.05) is 41.5 Å². The van der Waals surface area contributed by atoms with E-state index in [2.05, 4.69) is 65.2 Å². The summed E-state index contributed by atoms with van der Waals surface area (Å²) in [6.07, 6.45) is 12.9. The van der Waals surface area contributed by atoms with Crippen LogP contribution in [-0.4, -0.2) is 35.2 Å². The Balaban J connectivity index is 1.21. The number of rotatable bonds is 5. The molecule has 1 N–H and O–H groups in total. The van der Waals surface area contributed by atoms with Crippen molar-refractivity contribution in [3.05, 3.63) is 65.5 Å². The van der Waals surface area contributed by atoms with E-state index in [0.29, 0.717) is 10.1 Å². The van der Waals surface area contributed by atoms with Crippen molar-refractivity contribution in [3.8, 4) is 0 Å². The van der Waals surface area contributed by atoms with Crippen LogP contribution in [0.25, 0.3) is 0 Å². The molecule has 2 spiro atoms. The van der Waals surface area contributed by atoms with Crippen LogP contribution in [0.5, 0.6) is 0 Å². The number of benzene rings is 1. The largest absolute Gasteiger partial charge is 0.375 e. The molecular formula is C28H36N2OS2. The minimum absolute atomic E-state index is 0.0938. The molecule has 0 unspecified atom stereocenters. The van der Waals surface area contributed by atoms with Crippen LogP contribution >= 0.6 is 23.5 Å². The van der Waals surface area contributed by atoms with Gasteiger partial charge in [-0.3, -0.25) is 4.98 Å². The van der Waals surface area contributed by atoms with Gasteiger partial charge in [0.2, 0.25) is 0 Å². The zero-order valence-electron chi connectivity index (χ0n) is 19.6. The molecular weight excluding hydrogens is 444 g/mol. The summed E-state index contributed by atoms with van der Waals surface area (Å²) < 4.78 is 6.75. The van der Waals surface area contributed by atoms with E-state index < -0.39 is 0 Å². The number of hydrogen-bond acceptors (Lipinski definition) is 5. The Labute approximate surface area is 207 Å². The maximum Gasteiger partial charge on any atom is 0.0864 e. The number of pyridine rings is 1. The van der Waals surface area contributed by atoms with E-state index in [1.54, 1.807) is 5.56 Å². The zero-order valence-corrected chi connectivity index (χ0v) is 21.2. The first kappa shape index (κ1) is 22.5. The van der Waals surface area contributed by atoms with Crippen LogP contribution in [-0.2, 0) is 14.2 Å². The molecule has 2 aliphatic carbocycles. The van der Waals surface area contributed by atoms with Crippen molar-refractivity contribution >= 4 is 23.5 Å². The molecule has 2 aromatic rings. The fourth-order valence-electron chi connectivity index (χ4n) is 7.02. The maximum absolute atomic E-state index is 6.45. The lowest BCUT2D eigenvalue weighted by molar-refractivity contribution is -0.104. The molecule has 5 heteroatoms. The van der Waals surface area contributed by atoms with Crippen molar-refractivity contribution in [1.82, 2.24) is 10.3 Å². The molecule has 0 amide bonds. The van der Waals surface area contributed by atoms with Gasteiger partial charge in [0.1, 0.15) is 0 Å². The lowest BCUT2D eigenvalue weighted by atomic mass is 9.68. The molecule has 3 fully saturated rings. The van der Waals surface area contributed by atoms with Crippen LogP contribution in [0.2, 0.25) is 0 Å². The van der Waals surface area contributed by atoms with Gasteiger partial charge < -0.3 is 10.1 Å². The minimum Gasteiger partial charge on any atom is -0.375 e. The molecule has 2 saturated heterocycles. The highest BCUT2D eigenvalue weighted by molar-refractivity contribution is 8.20. The van der Waals surface area contributed by atoms with E-state index in [4.69, 9.17) is 9.72 Å². The summed E-state index contributed by atoms with van der Waals surface area (Å²) in [4.78, 5) is 4.89. The highest BCUT2D eigenvalue weighted by atomic mass is 32.2. The summed E-state index contributed by atoms with van der Waals surface area (Å²) in [5.74, 6) is 2.57. The Morgan fingerprint density at radius 1 is 0.970 bits per heavy atom. The first-order valence-corrected chi connectivity index (χ1v) is 14.9. The number of nitrogens with one attached hydrogen (secondary N) is 1. The monoisotopic (exact) mass is 480 g/mol. The molecule has 0 radical (unpaired) electrons. The SMILES string of the molecule is c1ccc([C@]2(CCN[C@H]3CCC4(SCCS4)c4ccccc43)CCOC3(CCCC3)C2)nc1. The third-order valence-corrected chi connectivity index (χ3v) is 12.2. The molecule has 4 aliphatic rings. The van der Waals surface area contributed by atoms with Gasteiger partial charge in [0.05, 0.1) is 9.68 Å². The van der Waals surface area contributed by atoms with Crippen LogP contribution < -0.4 is 5.32 Å². The van der Waals surface area contributed by atoms with Crippen LogP contribution in [0.15, 0.2) is 48.7 Å². The first-order chi connectivity index (χ1) is 16.2. The lowest BCUT2D eigenvalue weighted by Crippen LogP contribution is -2.47. The Kier molecular flexibility index (Phi) is 6.27. The molecule has 1 aromatic carbocycles. The minimum atomic E-state index is 0.0938. The van der Waals surface area contributed by atoms with Crippen molar-refractivity contribution in [2.75, 3.05) is 24.7 Å². The van der Waals surface area contributed by atoms with Gasteiger partial charge in [-0.2, -0.15) is 0 Å². The van der Waals surface area contributed by atoms with E-state index >= 15 is 0 Å². The van der Waals surface area contributed by atoms with E-state index in [0.717, 1.165) is 32.4 Å². The van der Waals surface area contributed by atoms with Gasteiger partial charge in [0.25, 0.3) is 0 Å². The predicted octanol–water partition coefficient (Wildman–Crippen LogP) is 6.59. The van der Waals surface area contributed by atoms with Gasteiger partial charge in [-0.05, 0) is 74.8 Å². The van der Waals surface area contributed by atoms with Gasteiger partial charge >= 0.3 is 0 Å². The highest BCUT2D eigenvalue weighted by Crippen LogP contribution is 2.59. The molecule has 1 saturated carbocycles. The predicted molar refractivity (Wildman–Crippen MR) is 140 cm³/mol. The van der Waals surface area contributed by atoms with Gasteiger partial charge in [-0.15, -0.1) is 23.5 Å². The normalized spacial score (nSPS) is 30.0. The molecule has 2 atom stereocenters. The fraction of sp³-hybridized carbons (Fsp3) is 0.607. The molecule has 33 heavy (non-hydrogen) atoms. The Morgan fingerprint density at radius 2 is 1.79 bits per heavy atom. The maximum atomic E-state index is 6.45. The zero-order chi connectivity index (χ0) is 22.2. The Hall–Kier alpha value is -1.01. The molecule has 3 heterocycles. The number of fused-ring (bicyclic) bond motifs is 2. The average molecular weight is 481 g/mol. The number of nitrogens with zero attached hydrogens (tertiary/aromatic N) is 1. The number of aromatic nitrogens is 1. The van der Waals surface area contributed by atoms with Crippen molar-refractivity contribution in [2.24, 2.45) is 0 Å². The van der Waals surface area contributed by atoms with E-state index in [1.807, 2.05) is 12.3 Å². The summed E-state index contributed by atoms with van der Waals surface area (Å²) in [6, 6.07) is 16.2. The Bertz CT molecular complexity index is 955. The number of hydrogen-bond donors (Lipinski definition) is 1. The van der Waals surface area contributed by atoms with Crippen molar-refractivity contribution in [2.45, 2.75) is 78.9 Å². The molecule has 6 rings (SSSR count). The third kappa shape index (κ3) is 4.17. The molecule has 3 nitrogen and oxygen atoms in total. The lowest BCUT2D eigenvalue weighted by Gasteiger charge is -2.47. The number of thioether (sulfide) groups is 2. The second-order valence-electron chi connectivity index (χ2n) is 10.5. The molecule has 176 valence electrons. The van der Waals surface area contributed by atoms with Crippen molar-refractivity contribution < 1.29 is 4.74 Å². The van der Waals surface area contributed by atoms with Crippen molar-refractivity contribution in [3.63, 3.8) is 0 Å². The molecule has 1 aromatic heterocycles. The van der Waals surface area contributed by atoms with E-state index in [9.17, 15) is 0 Å². The standard InChI is InChI=1S/C28H36N2OS2/c1-2-8-23-22(7-1)24(10-13-28(23)32-19-20-33-28)29-17-14-26(25-9-3-6-16-30-25)15-18-31-27(21-26)11-4-5-12-27/h1-3,6-9,16,24,29H,4-5,10-15,17-21H2/t24-,26+/m0/s1. The second-order valence-corrected chi connectivity index (χ2v) is 13.5. The van der Waals surface area contributed by atoms with Crippen molar-refractivity contribution in [1.29, 1.82) is 0 Å². The quantitative estimate of drug-likeness (QED) is 0.522. The second kappa shape index (κ2) is 9.22. The van der Waals surface area contributed by atoms with Crippen LogP contribution in [0.4, 0.5) is 0 Å². The Morgan fingerprint density at radius 3 is 2.61 bits per heavy atom. The smallest absolute Gasteiger partial charge is 0.0864 e. The molecule has 0 bridgehead atoms. The van der Waals surface area contributed by atoms with Gasteiger partial charge in [-0.25, -0.2) is 0 Å². The van der Waals surface area contributed by atoms with Gasteiger partial charge in [0.15, 0.2) is 0 Å². The highest BCUT2D eigenvalue weighted by Gasteiger charge is 2.48. The molecule has 2 aliphatic heterocycles. The average Bonchev–Trinajstić information content (AvgIpc) is 3.52. The number of ether oxygens (including phenoxy) is 1. The summed E-state index contributed by atoms with van der Waals surface area (Å²) in [5, 5.41) is 4.02. The van der Waals surface area contributed by atoms with Gasteiger partial charge in [-0.1, -0.05) is 43.2 Å². The van der Waals surface area contributed by atoms with Crippen LogP contribution in [0.3, 0.4) is 0 Å². The van der Waals surface area contributed by atoms with E-state index in [1.165, 1.54) is 61.3 Å². The fourth-order valence-corrected chi connectivity index (χ4v) is 10.4. The summed E-state index contributed by atoms with van der Waals surface area (Å²) in [7, 11) is 0. The van der Waals surface area contributed by atoms with E-state index in [-0.39, 0.29) is 11.0 Å². The first-order valence-electron chi connectivity index (χ1n) is 12.9. The summed E-state index contributed by atoms with van der Waals surface area (Å²) in [5.41, 5.74) is 4.62.